The molecule has 0 aliphatic heterocycles. The summed E-state index contributed by atoms with van der Waals surface area (Å²) in [7, 11) is 0. The van der Waals surface area contributed by atoms with Crippen LogP contribution in [0.1, 0.15) is 32.9 Å². The number of nitrogens with zero attached hydrogens (tertiary/aromatic N) is 4. The summed E-state index contributed by atoms with van der Waals surface area (Å²) >= 11 is 0. The maximum absolute atomic E-state index is 14.3. The topological polar surface area (TPSA) is 91.6 Å². The zero-order valence-electron chi connectivity index (χ0n) is 17.8. The summed E-state index contributed by atoms with van der Waals surface area (Å²) in [6.45, 7) is 5.80. The van der Waals surface area contributed by atoms with E-state index in [9.17, 15) is 14.4 Å². The standard InChI is InChI=1S/C26H18FN5O/c1-16-6-7-25(31-12-16)20-8-19(22-4-3-5-24(27)23(22)11-28)9-21(10-20)26(33)32-15-18-13-29-17(2)30-14-18/h3-10,12-14H,2,15H2,1H3/p+1. The molecule has 0 bridgehead atoms. The minimum absolute atomic E-state index is 0.0803. The van der Waals surface area contributed by atoms with Gasteiger partial charge in [0.25, 0.3) is 5.91 Å². The number of halogens is 1. The van der Waals surface area contributed by atoms with Crippen molar-refractivity contribution in [3.63, 3.8) is 0 Å². The first-order valence-corrected chi connectivity index (χ1v) is 10.1. The van der Waals surface area contributed by atoms with E-state index in [1.165, 1.54) is 12.1 Å². The fourth-order valence-electron chi connectivity index (χ4n) is 3.34. The summed E-state index contributed by atoms with van der Waals surface area (Å²) in [6.07, 6.45) is 4.93. The van der Waals surface area contributed by atoms with Crippen LogP contribution in [-0.4, -0.2) is 20.9 Å². The van der Waals surface area contributed by atoms with E-state index in [4.69, 9.17) is 0 Å². The number of nitrogens with one attached hydrogen (secondary N) is 1. The zero-order valence-corrected chi connectivity index (χ0v) is 17.8. The molecule has 7 heteroatoms. The lowest BCUT2D eigenvalue weighted by molar-refractivity contribution is 0.0951. The van der Waals surface area contributed by atoms with Crippen LogP contribution in [0.15, 0.2) is 67.1 Å². The van der Waals surface area contributed by atoms with Gasteiger partial charge in [0.05, 0.1) is 11.3 Å². The molecule has 4 rings (SSSR count). The molecule has 0 saturated carbocycles. The second kappa shape index (κ2) is 9.28. The van der Waals surface area contributed by atoms with E-state index in [0.29, 0.717) is 33.8 Å². The number of aryl methyl sites for hydroxylation is 1. The quantitative estimate of drug-likeness (QED) is 0.460. The van der Waals surface area contributed by atoms with Crippen molar-refractivity contribution in [2.45, 2.75) is 13.5 Å². The maximum Gasteiger partial charge on any atom is 0.315 e. The number of carbonyl (C=O) groups is 1. The van der Waals surface area contributed by atoms with Crippen LogP contribution in [0.4, 0.5) is 4.39 Å². The van der Waals surface area contributed by atoms with E-state index in [2.05, 4.69) is 27.2 Å². The molecular formula is C26H19FN5O+. The molecule has 2 aromatic heterocycles. The summed E-state index contributed by atoms with van der Waals surface area (Å²) in [6, 6.07) is 15.3. The first kappa shape index (κ1) is 21.7. The summed E-state index contributed by atoms with van der Waals surface area (Å²) in [4.78, 5) is 25.5. The van der Waals surface area contributed by atoms with Gasteiger partial charge in [0.2, 0.25) is 0 Å². The number of hydrogen-bond acceptors (Lipinski definition) is 5. The van der Waals surface area contributed by atoms with Crippen molar-refractivity contribution in [2.24, 2.45) is 0 Å². The molecular weight excluding hydrogens is 417 g/mol. The minimum atomic E-state index is -0.617. The molecule has 160 valence electrons. The lowest BCUT2D eigenvalue weighted by Crippen LogP contribution is -2.23. The van der Waals surface area contributed by atoms with Gasteiger partial charge in [0, 0.05) is 47.4 Å². The number of hydrogen-bond donors (Lipinski definition) is 1. The van der Waals surface area contributed by atoms with Gasteiger partial charge in [-0.25, -0.2) is 4.39 Å². The molecule has 0 atom stereocenters. The average Bonchev–Trinajstić information content (AvgIpc) is 2.83. The molecule has 4 aromatic rings. The molecule has 6 nitrogen and oxygen atoms in total. The van der Waals surface area contributed by atoms with E-state index in [0.717, 1.165) is 11.1 Å². The molecule has 1 amide bonds. The molecule has 2 heterocycles. The van der Waals surface area contributed by atoms with Crippen LogP contribution >= 0.6 is 0 Å². The van der Waals surface area contributed by atoms with Crippen LogP contribution in [0.2, 0.25) is 0 Å². The molecule has 1 N–H and O–H groups in total. The van der Waals surface area contributed by atoms with Crippen LogP contribution in [0.5, 0.6) is 0 Å². The van der Waals surface area contributed by atoms with Gasteiger partial charge in [0.1, 0.15) is 18.8 Å². The number of pyridine rings is 1. The van der Waals surface area contributed by atoms with Gasteiger partial charge in [-0.15, -0.1) is 0 Å². The molecule has 0 radical (unpaired) electrons. The van der Waals surface area contributed by atoms with Crippen LogP contribution in [0, 0.1) is 31.0 Å². The Bertz CT molecular complexity index is 1360. The third-order valence-corrected chi connectivity index (χ3v) is 5.05. The first-order valence-electron chi connectivity index (χ1n) is 10.1. The van der Waals surface area contributed by atoms with E-state index in [1.54, 1.807) is 42.9 Å². The van der Waals surface area contributed by atoms with E-state index >= 15 is 0 Å². The van der Waals surface area contributed by atoms with Crippen molar-refractivity contribution in [1.82, 2.24) is 20.3 Å². The van der Waals surface area contributed by atoms with E-state index < -0.39 is 5.82 Å². The SMILES string of the molecule is [CH2+]c1ncc(CNC(=O)c2cc(-c3ccc(C)cn3)cc(-c3cccc(F)c3C#N)c2)cn1. The van der Waals surface area contributed by atoms with Gasteiger partial charge in [-0.05, 0) is 48.4 Å². The Balaban J connectivity index is 1.75. The van der Waals surface area contributed by atoms with Crippen molar-refractivity contribution in [2.75, 3.05) is 0 Å². The van der Waals surface area contributed by atoms with Crippen LogP contribution < -0.4 is 5.32 Å². The van der Waals surface area contributed by atoms with Crippen LogP contribution in [0.3, 0.4) is 0 Å². The number of benzene rings is 2. The molecule has 0 unspecified atom stereocenters. The van der Waals surface area contributed by atoms with Gasteiger partial charge < -0.3 is 5.32 Å². The first-order chi connectivity index (χ1) is 15.9. The van der Waals surface area contributed by atoms with Gasteiger partial charge in [0.15, 0.2) is 0 Å². The van der Waals surface area contributed by atoms with Crippen molar-refractivity contribution in [1.29, 1.82) is 5.26 Å². The highest BCUT2D eigenvalue weighted by Crippen LogP contribution is 2.30. The number of rotatable bonds is 5. The molecule has 0 aliphatic carbocycles. The van der Waals surface area contributed by atoms with Crippen LogP contribution in [-0.2, 0) is 6.54 Å². The fourth-order valence-corrected chi connectivity index (χ4v) is 3.34. The molecule has 0 saturated heterocycles. The third-order valence-electron chi connectivity index (χ3n) is 5.05. The Hall–Kier alpha value is -4.57. The van der Waals surface area contributed by atoms with Crippen molar-refractivity contribution >= 4 is 5.91 Å². The highest BCUT2D eigenvalue weighted by atomic mass is 19.1. The Morgan fingerprint density at radius 2 is 1.82 bits per heavy atom. The van der Waals surface area contributed by atoms with Crippen molar-refractivity contribution < 1.29 is 9.18 Å². The smallest absolute Gasteiger partial charge is 0.315 e. The van der Waals surface area contributed by atoms with Crippen molar-refractivity contribution in [3.05, 3.63) is 108 Å². The number of amides is 1. The Labute approximate surface area is 190 Å². The van der Waals surface area contributed by atoms with E-state index in [1.807, 2.05) is 25.1 Å². The van der Waals surface area contributed by atoms with Crippen molar-refractivity contribution in [3.8, 4) is 28.5 Å². The predicted molar refractivity (Wildman–Crippen MR) is 122 cm³/mol. The Kier molecular flexibility index (Phi) is 6.09. The monoisotopic (exact) mass is 436 g/mol. The lowest BCUT2D eigenvalue weighted by atomic mass is 9.94. The molecule has 0 spiro atoms. The van der Waals surface area contributed by atoms with Gasteiger partial charge >= 0.3 is 5.82 Å². The third kappa shape index (κ3) is 4.86. The number of carbonyl (C=O) groups excluding carboxylic acids is 1. The van der Waals surface area contributed by atoms with E-state index in [-0.39, 0.29) is 18.0 Å². The Morgan fingerprint density at radius 3 is 2.52 bits per heavy atom. The van der Waals surface area contributed by atoms with Gasteiger partial charge in [-0.1, -0.05) is 18.2 Å². The molecule has 0 aliphatic rings. The normalized spacial score (nSPS) is 10.5. The highest BCUT2D eigenvalue weighted by molar-refractivity contribution is 5.97. The number of aromatic nitrogens is 3. The largest absolute Gasteiger partial charge is 0.348 e. The molecule has 0 fully saturated rings. The van der Waals surface area contributed by atoms with Crippen LogP contribution in [0.25, 0.3) is 22.4 Å². The fraction of sp³-hybridized carbons (Fsp3) is 0.0769. The second-order valence-corrected chi connectivity index (χ2v) is 7.48. The zero-order chi connectivity index (χ0) is 23.4. The minimum Gasteiger partial charge on any atom is -0.348 e. The summed E-state index contributed by atoms with van der Waals surface area (Å²) in [5, 5.41) is 12.3. The van der Waals surface area contributed by atoms with Gasteiger partial charge in [-0.2, -0.15) is 15.2 Å². The second-order valence-electron chi connectivity index (χ2n) is 7.48. The van der Waals surface area contributed by atoms with Gasteiger partial charge in [-0.3, -0.25) is 9.78 Å². The number of nitriles is 1. The molecule has 33 heavy (non-hydrogen) atoms. The highest BCUT2D eigenvalue weighted by Gasteiger charge is 2.15. The predicted octanol–water partition coefficient (Wildman–Crippen LogP) is 4.64. The maximum atomic E-state index is 14.3. The Morgan fingerprint density at radius 1 is 1.06 bits per heavy atom. The lowest BCUT2D eigenvalue weighted by Gasteiger charge is -2.12. The summed E-state index contributed by atoms with van der Waals surface area (Å²) < 4.78 is 14.3. The summed E-state index contributed by atoms with van der Waals surface area (Å²) in [5.41, 5.74) is 4.28. The summed E-state index contributed by atoms with van der Waals surface area (Å²) in [5.74, 6) is -0.552. The average molecular weight is 436 g/mol. The molecule has 2 aromatic carbocycles.